The minimum absolute atomic E-state index is 0.750. The van der Waals surface area contributed by atoms with Crippen LogP contribution in [0.15, 0.2) is 23.4 Å². The molecule has 2 aliphatic rings. The SMILES string of the molecule is Nc1ccc(SC[C@H]2CCCN3CCCC[C@H]23)nc1. The van der Waals surface area contributed by atoms with E-state index in [-0.39, 0.29) is 0 Å². The highest BCUT2D eigenvalue weighted by molar-refractivity contribution is 7.99. The second-order valence-electron chi connectivity index (χ2n) is 5.74. The highest BCUT2D eigenvalue weighted by Crippen LogP contribution is 2.34. The monoisotopic (exact) mass is 277 g/mol. The number of anilines is 1. The van der Waals surface area contributed by atoms with Crippen molar-refractivity contribution >= 4 is 17.4 Å². The maximum atomic E-state index is 5.67. The van der Waals surface area contributed by atoms with Crippen LogP contribution in [0.2, 0.25) is 0 Å². The van der Waals surface area contributed by atoms with Gasteiger partial charge in [-0.1, -0.05) is 6.42 Å². The molecule has 3 nitrogen and oxygen atoms in total. The Morgan fingerprint density at radius 1 is 1.21 bits per heavy atom. The van der Waals surface area contributed by atoms with Gasteiger partial charge >= 0.3 is 0 Å². The molecule has 2 aliphatic heterocycles. The van der Waals surface area contributed by atoms with Crippen LogP contribution in [0.3, 0.4) is 0 Å². The Bertz CT molecular complexity index is 404. The summed E-state index contributed by atoms with van der Waals surface area (Å²) in [5.41, 5.74) is 6.43. The first-order valence-electron chi connectivity index (χ1n) is 7.41. The van der Waals surface area contributed by atoms with Crippen LogP contribution in [0.1, 0.15) is 32.1 Å². The second kappa shape index (κ2) is 6.14. The van der Waals surface area contributed by atoms with Gasteiger partial charge in [0.05, 0.1) is 16.9 Å². The number of hydrogen-bond acceptors (Lipinski definition) is 4. The Balaban J connectivity index is 1.57. The molecule has 0 radical (unpaired) electrons. The number of hydrogen-bond donors (Lipinski definition) is 1. The third kappa shape index (κ3) is 3.23. The normalized spacial score (nSPS) is 28.0. The van der Waals surface area contributed by atoms with E-state index in [4.69, 9.17) is 5.73 Å². The third-order valence-electron chi connectivity index (χ3n) is 4.43. The van der Waals surface area contributed by atoms with E-state index in [1.807, 2.05) is 23.9 Å². The number of piperidine rings is 2. The van der Waals surface area contributed by atoms with E-state index in [1.165, 1.54) is 50.9 Å². The van der Waals surface area contributed by atoms with Gasteiger partial charge in [0.1, 0.15) is 0 Å². The maximum Gasteiger partial charge on any atom is 0.0961 e. The molecule has 0 aromatic carbocycles. The van der Waals surface area contributed by atoms with Crippen LogP contribution in [0.4, 0.5) is 5.69 Å². The summed E-state index contributed by atoms with van der Waals surface area (Å²) in [6, 6.07) is 4.83. The van der Waals surface area contributed by atoms with E-state index < -0.39 is 0 Å². The van der Waals surface area contributed by atoms with Gasteiger partial charge in [-0.3, -0.25) is 0 Å². The molecule has 2 saturated heterocycles. The van der Waals surface area contributed by atoms with Crippen molar-refractivity contribution in [1.82, 2.24) is 9.88 Å². The van der Waals surface area contributed by atoms with Crippen LogP contribution in [0.5, 0.6) is 0 Å². The molecule has 0 amide bonds. The summed E-state index contributed by atoms with van der Waals surface area (Å²) >= 11 is 1.90. The van der Waals surface area contributed by atoms with Crippen LogP contribution in [-0.4, -0.2) is 34.8 Å². The molecule has 0 spiro atoms. The molecule has 1 aromatic heterocycles. The quantitative estimate of drug-likeness (QED) is 0.862. The van der Waals surface area contributed by atoms with Gasteiger partial charge in [0.15, 0.2) is 0 Å². The van der Waals surface area contributed by atoms with Crippen LogP contribution in [0.25, 0.3) is 0 Å². The molecule has 2 N–H and O–H groups in total. The predicted molar refractivity (Wildman–Crippen MR) is 81.3 cm³/mol. The van der Waals surface area contributed by atoms with Gasteiger partial charge < -0.3 is 10.6 Å². The molecule has 4 heteroatoms. The lowest BCUT2D eigenvalue weighted by atomic mass is 9.85. The number of nitrogen functional groups attached to an aromatic ring is 1. The zero-order valence-electron chi connectivity index (χ0n) is 11.4. The molecule has 2 atom stereocenters. The Morgan fingerprint density at radius 2 is 2.11 bits per heavy atom. The van der Waals surface area contributed by atoms with Crippen molar-refractivity contribution in [2.24, 2.45) is 5.92 Å². The van der Waals surface area contributed by atoms with E-state index in [0.717, 1.165) is 22.7 Å². The molecule has 104 valence electrons. The van der Waals surface area contributed by atoms with Crippen LogP contribution in [-0.2, 0) is 0 Å². The van der Waals surface area contributed by atoms with E-state index in [2.05, 4.69) is 9.88 Å². The van der Waals surface area contributed by atoms with Crippen molar-refractivity contribution in [1.29, 1.82) is 0 Å². The zero-order valence-corrected chi connectivity index (χ0v) is 12.2. The van der Waals surface area contributed by atoms with Crippen LogP contribution >= 0.6 is 11.8 Å². The van der Waals surface area contributed by atoms with Gasteiger partial charge in [-0.15, -0.1) is 11.8 Å². The molecule has 3 rings (SSSR count). The van der Waals surface area contributed by atoms with Crippen LogP contribution < -0.4 is 5.73 Å². The lowest BCUT2D eigenvalue weighted by Gasteiger charge is -2.44. The first kappa shape index (κ1) is 13.3. The van der Waals surface area contributed by atoms with Crippen molar-refractivity contribution in [3.05, 3.63) is 18.3 Å². The first-order valence-corrected chi connectivity index (χ1v) is 8.40. The minimum atomic E-state index is 0.750. The second-order valence-corrected chi connectivity index (χ2v) is 6.78. The van der Waals surface area contributed by atoms with Gasteiger partial charge in [0.2, 0.25) is 0 Å². The smallest absolute Gasteiger partial charge is 0.0961 e. The summed E-state index contributed by atoms with van der Waals surface area (Å²) in [4.78, 5) is 7.12. The van der Waals surface area contributed by atoms with E-state index in [0.29, 0.717) is 0 Å². The summed E-state index contributed by atoms with van der Waals surface area (Å²) in [6.45, 7) is 2.65. The molecule has 3 heterocycles. The van der Waals surface area contributed by atoms with Gasteiger partial charge in [0.25, 0.3) is 0 Å². The third-order valence-corrected chi connectivity index (χ3v) is 5.57. The number of nitrogens with two attached hydrogens (primary N) is 1. The fourth-order valence-electron chi connectivity index (χ4n) is 3.44. The van der Waals surface area contributed by atoms with E-state index in [1.54, 1.807) is 6.20 Å². The standard InChI is InChI=1S/C15H23N3S/c16-13-6-7-15(17-10-13)19-11-12-4-3-9-18-8-2-1-5-14(12)18/h6-7,10,12,14H,1-5,8-9,11,16H2/t12-,14-/m1/s1. The largest absolute Gasteiger partial charge is 0.397 e. The molecule has 2 fully saturated rings. The van der Waals surface area contributed by atoms with E-state index >= 15 is 0 Å². The lowest BCUT2D eigenvalue weighted by Crippen LogP contribution is -2.48. The number of aromatic nitrogens is 1. The van der Waals surface area contributed by atoms with Gasteiger partial charge in [-0.05, 0) is 56.8 Å². The van der Waals surface area contributed by atoms with Crippen molar-refractivity contribution in [2.75, 3.05) is 24.6 Å². The summed E-state index contributed by atoms with van der Waals surface area (Å²) in [5, 5.41) is 1.11. The summed E-state index contributed by atoms with van der Waals surface area (Å²) in [7, 11) is 0. The molecule has 0 bridgehead atoms. The molecule has 0 unspecified atom stereocenters. The molecule has 1 aromatic rings. The average Bonchev–Trinajstić information content (AvgIpc) is 2.47. The first-order chi connectivity index (χ1) is 9.33. The topological polar surface area (TPSA) is 42.1 Å². The maximum absolute atomic E-state index is 5.67. The average molecular weight is 277 g/mol. The fourth-order valence-corrected chi connectivity index (χ4v) is 4.51. The van der Waals surface area contributed by atoms with Gasteiger partial charge in [-0.2, -0.15) is 0 Å². The Hall–Kier alpha value is -0.740. The number of fused-ring (bicyclic) bond motifs is 1. The predicted octanol–water partition coefficient (Wildman–Crippen LogP) is 3.02. The summed E-state index contributed by atoms with van der Waals surface area (Å²) in [6.07, 6.45) is 8.74. The highest BCUT2D eigenvalue weighted by Gasteiger charge is 2.32. The number of nitrogens with zero attached hydrogens (tertiary/aromatic N) is 2. The number of pyridine rings is 1. The molecule has 0 aliphatic carbocycles. The molecule has 0 saturated carbocycles. The summed E-state index contributed by atoms with van der Waals surface area (Å²) in [5.74, 6) is 2.05. The Morgan fingerprint density at radius 3 is 2.95 bits per heavy atom. The van der Waals surface area contributed by atoms with E-state index in [9.17, 15) is 0 Å². The number of thioether (sulfide) groups is 1. The fraction of sp³-hybridized carbons (Fsp3) is 0.667. The van der Waals surface area contributed by atoms with Crippen molar-refractivity contribution < 1.29 is 0 Å². The van der Waals surface area contributed by atoms with Crippen LogP contribution in [0, 0.1) is 5.92 Å². The molecular weight excluding hydrogens is 254 g/mol. The minimum Gasteiger partial charge on any atom is -0.397 e. The van der Waals surface area contributed by atoms with Crippen molar-refractivity contribution in [2.45, 2.75) is 43.2 Å². The molecular formula is C15H23N3S. The number of rotatable bonds is 3. The van der Waals surface area contributed by atoms with Gasteiger partial charge in [-0.25, -0.2) is 4.98 Å². The highest BCUT2D eigenvalue weighted by atomic mass is 32.2. The Labute approximate surface area is 120 Å². The lowest BCUT2D eigenvalue weighted by molar-refractivity contribution is 0.0693. The zero-order chi connectivity index (χ0) is 13.1. The van der Waals surface area contributed by atoms with Gasteiger partial charge in [0, 0.05) is 11.8 Å². The molecule has 19 heavy (non-hydrogen) atoms. The van der Waals surface area contributed by atoms with Crippen molar-refractivity contribution in [3.63, 3.8) is 0 Å². The van der Waals surface area contributed by atoms with Crippen molar-refractivity contribution in [3.8, 4) is 0 Å². The Kier molecular flexibility index (Phi) is 4.28. The summed E-state index contributed by atoms with van der Waals surface area (Å²) < 4.78 is 0.